The monoisotopic (exact) mass is 374 g/mol. The van der Waals surface area contributed by atoms with Crippen LogP contribution in [0.3, 0.4) is 0 Å². The molecule has 1 heterocycles. The first-order chi connectivity index (χ1) is 8.63. The highest BCUT2D eigenvalue weighted by atomic mass is 127. The first-order valence-electron chi connectivity index (χ1n) is 5.89. The molecule has 0 saturated heterocycles. The maximum atomic E-state index is 9.70. The Bertz CT molecular complexity index is 617. The van der Waals surface area contributed by atoms with E-state index in [1.807, 2.05) is 4.45 Å². The molecule has 0 bridgehead atoms. The molecule has 94 valence electrons. The maximum Gasteiger partial charge on any atom is 0.489 e. The van der Waals surface area contributed by atoms with Gasteiger partial charge in [0.1, 0.15) is 0 Å². The normalized spacial score (nSPS) is 19.0. The molecule has 0 saturated carbocycles. The van der Waals surface area contributed by atoms with Crippen LogP contribution in [0.4, 0.5) is 0 Å². The summed E-state index contributed by atoms with van der Waals surface area (Å²) in [4.78, 5) is 0. The molecule has 1 aromatic carbocycles. The van der Waals surface area contributed by atoms with Crippen LogP contribution in [0.5, 0.6) is 0 Å². The molecular weight excluding hydrogens is 361 g/mol. The Morgan fingerprint density at radius 1 is 1.56 bits per heavy atom. The highest BCUT2D eigenvalue weighted by molar-refractivity contribution is 14.2. The molecule has 0 amide bonds. The van der Waals surface area contributed by atoms with Gasteiger partial charge in [-0.05, 0) is 63.5 Å². The van der Waals surface area contributed by atoms with Crippen molar-refractivity contribution in [3.63, 3.8) is 0 Å². The number of nitrogens with zero attached hydrogens (tertiary/aromatic N) is 2. The molecule has 1 aliphatic carbocycles. The van der Waals surface area contributed by atoms with E-state index >= 15 is 0 Å². The van der Waals surface area contributed by atoms with Crippen LogP contribution in [0.25, 0.3) is 10.9 Å². The summed E-state index contributed by atoms with van der Waals surface area (Å²) in [6.45, 7) is 2.15. The van der Waals surface area contributed by atoms with E-state index in [2.05, 4.69) is 40.1 Å². The molecule has 7 heteroatoms. The number of hydrogen-bond acceptors (Lipinski definition) is 3. The zero-order valence-electron chi connectivity index (χ0n) is 9.89. The Kier molecular flexibility index (Phi) is 3.38. The van der Waals surface area contributed by atoms with Gasteiger partial charge in [-0.1, -0.05) is 6.92 Å². The molecule has 18 heavy (non-hydrogen) atoms. The van der Waals surface area contributed by atoms with Crippen LogP contribution < -0.4 is 5.46 Å². The molecule has 3 rings (SSSR count). The van der Waals surface area contributed by atoms with Gasteiger partial charge in [0.05, 0.1) is 18.1 Å². The standard InChI is InChI=1S/C11H13BIN2O2P/c1-6-2-3-7-4-9-8(5-14-15(9)18-13)11(10(6)7)12(16)17/h4-6,16-18H,2-3H2,1H3. The molecule has 1 aromatic heterocycles. The van der Waals surface area contributed by atoms with Crippen molar-refractivity contribution in [3.8, 4) is 0 Å². The lowest BCUT2D eigenvalue weighted by Gasteiger charge is -2.13. The van der Waals surface area contributed by atoms with Crippen LogP contribution in [0, 0.1) is 0 Å². The minimum Gasteiger partial charge on any atom is -0.423 e. The molecule has 2 atom stereocenters. The lowest BCUT2D eigenvalue weighted by atomic mass is 9.72. The molecule has 1 aliphatic rings. The minimum atomic E-state index is -1.42. The van der Waals surface area contributed by atoms with Gasteiger partial charge in [0.25, 0.3) is 0 Å². The van der Waals surface area contributed by atoms with Gasteiger partial charge >= 0.3 is 7.12 Å². The Morgan fingerprint density at radius 2 is 2.33 bits per heavy atom. The van der Waals surface area contributed by atoms with Crippen LogP contribution >= 0.6 is 28.4 Å². The smallest absolute Gasteiger partial charge is 0.423 e. The lowest BCUT2D eigenvalue weighted by molar-refractivity contribution is 0.425. The Hall–Kier alpha value is -0.165. The van der Waals surface area contributed by atoms with Crippen LogP contribution in [0.15, 0.2) is 12.3 Å². The van der Waals surface area contributed by atoms with Crippen molar-refractivity contribution in [3.05, 3.63) is 23.4 Å². The van der Waals surface area contributed by atoms with E-state index in [1.165, 1.54) is 5.56 Å². The van der Waals surface area contributed by atoms with Gasteiger partial charge in [-0.3, -0.25) is 0 Å². The van der Waals surface area contributed by atoms with E-state index in [9.17, 15) is 10.0 Å². The molecule has 0 aliphatic heterocycles. The highest BCUT2D eigenvalue weighted by Crippen LogP contribution is 2.36. The number of aryl methyl sites for hydroxylation is 1. The number of hydrogen-bond donors (Lipinski definition) is 2. The molecule has 0 fully saturated rings. The fourth-order valence-electron chi connectivity index (χ4n) is 2.92. The largest absolute Gasteiger partial charge is 0.489 e. The second-order valence-electron chi connectivity index (χ2n) is 4.75. The second-order valence-corrected chi connectivity index (χ2v) is 6.79. The van der Waals surface area contributed by atoms with Crippen molar-refractivity contribution in [1.82, 2.24) is 9.55 Å². The number of benzene rings is 1. The van der Waals surface area contributed by atoms with Crippen molar-refractivity contribution in [2.75, 3.05) is 0 Å². The van der Waals surface area contributed by atoms with Crippen LogP contribution in [-0.4, -0.2) is 26.7 Å². The van der Waals surface area contributed by atoms with Crippen molar-refractivity contribution < 1.29 is 10.0 Å². The molecule has 4 nitrogen and oxygen atoms in total. The van der Waals surface area contributed by atoms with Crippen LogP contribution in [0.1, 0.15) is 30.4 Å². The summed E-state index contributed by atoms with van der Waals surface area (Å²) >= 11 is 2.28. The molecule has 2 N–H and O–H groups in total. The van der Waals surface area contributed by atoms with Gasteiger partial charge in [-0.15, -0.1) is 0 Å². The van der Waals surface area contributed by atoms with E-state index < -0.39 is 7.12 Å². The lowest BCUT2D eigenvalue weighted by Crippen LogP contribution is -2.34. The van der Waals surface area contributed by atoms with E-state index in [4.69, 9.17) is 0 Å². The van der Waals surface area contributed by atoms with Gasteiger partial charge in [-0.25, -0.2) is 4.45 Å². The van der Waals surface area contributed by atoms with Gasteiger partial charge in [0.2, 0.25) is 0 Å². The number of fused-ring (bicyclic) bond motifs is 2. The second kappa shape index (κ2) is 4.74. The zero-order chi connectivity index (χ0) is 12.9. The van der Waals surface area contributed by atoms with Crippen molar-refractivity contribution in [1.29, 1.82) is 0 Å². The zero-order valence-corrected chi connectivity index (χ0v) is 13.0. The number of rotatable bonds is 2. The summed E-state index contributed by atoms with van der Waals surface area (Å²) < 4.78 is 1.92. The SMILES string of the molecule is CC1CCc2cc3c(cnn3PI)c(B(O)O)c21. The summed E-state index contributed by atoms with van der Waals surface area (Å²) in [6.07, 6.45) is 4.37. The topological polar surface area (TPSA) is 58.3 Å². The minimum absolute atomic E-state index is 0.395. The first kappa shape index (κ1) is 12.8. The maximum absolute atomic E-state index is 9.70. The van der Waals surface area contributed by atoms with E-state index in [-0.39, 0.29) is 0 Å². The van der Waals surface area contributed by atoms with E-state index in [0.29, 0.717) is 17.8 Å². The summed E-state index contributed by atoms with van der Waals surface area (Å²) in [5.41, 5.74) is 4.04. The van der Waals surface area contributed by atoms with Crippen molar-refractivity contribution >= 4 is 51.9 Å². The average Bonchev–Trinajstić information content (AvgIpc) is 2.90. The predicted octanol–water partition coefficient (Wildman–Crippen LogP) is 1.56. The Morgan fingerprint density at radius 3 is 3.00 bits per heavy atom. The third kappa shape index (κ3) is 1.81. The summed E-state index contributed by atoms with van der Waals surface area (Å²) in [5.74, 6) is 0.395. The predicted molar refractivity (Wildman–Crippen MR) is 84.0 cm³/mol. The van der Waals surface area contributed by atoms with Gasteiger partial charge in [-0.2, -0.15) is 5.10 Å². The van der Waals surface area contributed by atoms with E-state index in [1.54, 1.807) is 6.20 Å². The summed E-state index contributed by atoms with van der Waals surface area (Å²) in [6, 6.07) is 2.17. The van der Waals surface area contributed by atoms with Gasteiger partial charge in [0, 0.05) is 5.39 Å². The summed E-state index contributed by atoms with van der Waals surface area (Å²) in [5, 5.41) is 24.6. The fourth-order valence-corrected chi connectivity index (χ4v) is 4.45. The van der Waals surface area contributed by atoms with Crippen molar-refractivity contribution in [2.45, 2.75) is 25.7 Å². The fraction of sp³-hybridized carbons (Fsp3) is 0.364. The van der Waals surface area contributed by atoms with Crippen LogP contribution in [-0.2, 0) is 6.42 Å². The molecule has 2 aromatic rings. The molecule has 0 radical (unpaired) electrons. The molecular formula is C11H13BIN2O2P. The number of aromatic nitrogens is 2. The third-order valence-electron chi connectivity index (χ3n) is 3.72. The highest BCUT2D eigenvalue weighted by Gasteiger charge is 2.30. The first-order valence-corrected chi connectivity index (χ1v) is 9.95. The quantitative estimate of drug-likeness (QED) is 0.477. The van der Waals surface area contributed by atoms with E-state index in [0.717, 1.165) is 29.3 Å². The van der Waals surface area contributed by atoms with Gasteiger partial charge < -0.3 is 10.0 Å². The molecule has 2 unspecified atom stereocenters. The third-order valence-corrected chi connectivity index (χ3v) is 5.61. The number of halogens is 1. The Labute approximate surface area is 120 Å². The molecule has 0 spiro atoms. The summed E-state index contributed by atoms with van der Waals surface area (Å²) in [7, 11) is -1.42. The average molecular weight is 374 g/mol. The van der Waals surface area contributed by atoms with Gasteiger partial charge in [0.15, 0.2) is 0 Å². The van der Waals surface area contributed by atoms with Crippen molar-refractivity contribution in [2.24, 2.45) is 0 Å². The van der Waals surface area contributed by atoms with Crippen LogP contribution in [0.2, 0.25) is 0 Å². The Balaban J connectivity index is 2.38.